The molecule has 0 spiro atoms. The van der Waals surface area contributed by atoms with Crippen LogP contribution in [0.4, 0.5) is 5.82 Å². The van der Waals surface area contributed by atoms with E-state index >= 15 is 0 Å². The van der Waals surface area contributed by atoms with Gasteiger partial charge >= 0.3 is 0 Å². The van der Waals surface area contributed by atoms with Crippen molar-refractivity contribution in [3.05, 3.63) is 35.4 Å². The molecule has 1 aliphatic heterocycles. The number of nitrogen functional groups attached to an aromatic ring is 1. The van der Waals surface area contributed by atoms with E-state index in [0.717, 1.165) is 24.2 Å². The van der Waals surface area contributed by atoms with E-state index in [0.29, 0.717) is 24.7 Å². The number of furan rings is 1. The number of aromatic nitrogens is 2. The van der Waals surface area contributed by atoms with Gasteiger partial charge in [0.05, 0.1) is 18.7 Å². The average molecular weight is 332 g/mol. The summed E-state index contributed by atoms with van der Waals surface area (Å²) < 4.78 is 13.0. The fourth-order valence-corrected chi connectivity index (χ4v) is 3.28. The van der Waals surface area contributed by atoms with E-state index in [2.05, 4.69) is 5.10 Å². The van der Waals surface area contributed by atoms with Crippen LogP contribution in [0.5, 0.6) is 0 Å². The molecule has 0 aromatic carbocycles. The molecule has 3 rings (SSSR count). The van der Waals surface area contributed by atoms with Crippen molar-refractivity contribution in [2.45, 2.75) is 45.4 Å². The second kappa shape index (κ2) is 6.68. The van der Waals surface area contributed by atoms with Gasteiger partial charge in [-0.3, -0.25) is 9.48 Å². The number of carbonyl (C=O) groups excluding carboxylic acids is 1. The van der Waals surface area contributed by atoms with Gasteiger partial charge in [-0.2, -0.15) is 5.10 Å². The largest absolute Gasteiger partial charge is 0.456 e. The van der Waals surface area contributed by atoms with Crippen LogP contribution < -0.4 is 5.73 Å². The van der Waals surface area contributed by atoms with Crippen LogP contribution in [-0.2, 0) is 17.7 Å². The van der Waals surface area contributed by atoms with Crippen LogP contribution in [0.3, 0.4) is 0 Å². The third kappa shape index (κ3) is 3.17. The van der Waals surface area contributed by atoms with E-state index < -0.39 is 0 Å². The summed E-state index contributed by atoms with van der Waals surface area (Å²) >= 11 is 0. The Kier molecular flexibility index (Phi) is 4.62. The zero-order valence-electron chi connectivity index (χ0n) is 14.4. The molecular formula is C17H24N4O3. The summed E-state index contributed by atoms with van der Waals surface area (Å²) in [5.74, 6) is 1.63. The minimum atomic E-state index is -0.0949. The maximum absolute atomic E-state index is 12.9. The van der Waals surface area contributed by atoms with E-state index in [1.165, 1.54) is 0 Å². The summed E-state index contributed by atoms with van der Waals surface area (Å²) in [6, 6.07) is 3.57. The van der Waals surface area contributed by atoms with E-state index in [1.54, 1.807) is 17.9 Å². The summed E-state index contributed by atoms with van der Waals surface area (Å²) in [4.78, 5) is 14.7. The minimum Gasteiger partial charge on any atom is -0.456 e. The highest BCUT2D eigenvalue weighted by atomic mass is 16.5. The van der Waals surface area contributed by atoms with Gasteiger partial charge in [-0.05, 0) is 31.0 Å². The molecule has 0 unspecified atom stereocenters. The minimum absolute atomic E-state index is 0.00256. The molecule has 7 nitrogen and oxygen atoms in total. The molecule has 130 valence electrons. The van der Waals surface area contributed by atoms with Crippen molar-refractivity contribution in [3.63, 3.8) is 0 Å². The normalized spacial score (nSPS) is 20.7. The Hall–Kier alpha value is -2.28. The van der Waals surface area contributed by atoms with Gasteiger partial charge in [0, 0.05) is 26.3 Å². The lowest BCUT2D eigenvalue weighted by molar-refractivity contribution is 0.0647. The molecule has 0 aliphatic carbocycles. The van der Waals surface area contributed by atoms with Crippen molar-refractivity contribution < 1.29 is 13.9 Å². The number of hydrogen-bond acceptors (Lipinski definition) is 5. The van der Waals surface area contributed by atoms with Crippen LogP contribution in [0.2, 0.25) is 0 Å². The van der Waals surface area contributed by atoms with Crippen molar-refractivity contribution in [2.75, 3.05) is 19.4 Å². The Morgan fingerprint density at radius 3 is 2.92 bits per heavy atom. The number of anilines is 1. The lowest BCUT2D eigenvalue weighted by Crippen LogP contribution is -2.38. The molecular weight excluding hydrogens is 308 g/mol. The number of methoxy groups -OCH3 is 1. The number of ether oxygens (including phenoxy) is 1. The first kappa shape index (κ1) is 16.6. The van der Waals surface area contributed by atoms with Crippen LogP contribution in [0.15, 0.2) is 22.7 Å². The van der Waals surface area contributed by atoms with Crippen molar-refractivity contribution >= 4 is 11.7 Å². The standard InChI is InChI=1S/C17H24N4O3/c1-4-14-11(2)7-15(24-14)17(22)21-10-13(23-3)8-12(21)9-20-6-5-16(18)19-20/h5-7,12-13H,4,8-10H2,1-3H3,(H2,18,19)/t12-,13+/m0/s1. The molecule has 1 saturated heterocycles. The molecule has 0 saturated carbocycles. The van der Waals surface area contributed by atoms with E-state index in [9.17, 15) is 4.79 Å². The highest BCUT2D eigenvalue weighted by Gasteiger charge is 2.37. The topological polar surface area (TPSA) is 86.5 Å². The average Bonchev–Trinajstić information content (AvgIpc) is 3.26. The summed E-state index contributed by atoms with van der Waals surface area (Å²) in [5.41, 5.74) is 6.69. The first-order valence-corrected chi connectivity index (χ1v) is 8.23. The molecule has 0 radical (unpaired) electrons. The van der Waals surface area contributed by atoms with Gasteiger partial charge in [-0.25, -0.2) is 0 Å². The lowest BCUT2D eigenvalue weighted by atomic mass is 10.2. The van der Waals surface area contributed by atoms with E-state index in [1.807, 2.05) is 31.0 Å². The maximum atomic E-state index is 12.9. The monoisotopic (exact) mass is 332 g/mol. The summed E-state index contributed by atoms with van der Waals surface area (Å²) in [7, 11) is 1.67. The number of aryl methyl sites for hydroxylation is 2. The SMILES string of the molecule is CCc1oc(C(=O)N2C[C@H](OC)C[C@H]2Cn2ccc(N)n2)cc1C. The highest BCUT2D eigenvalue weighted by Crippen LogP contribution is 2.25. The number of carbonyl (C=O) groups is 1. The molecule has 1 aliphatic rings. The molecule has 7 heteroatoms. The molecule has 2 aromatic heterocycles. The van der Waals surface area contributed by atoms with E-state index in [4.69, 9.17) is 14.9 Å². The van der Waals surface area contributed by atoms with Crippen LogP contribution in [0.1, 0.15) is 35.2 Å². The fourth-order valence-electron chi connectivity index (χ4n) is 3.28. The van der Waals surface area contributed by atoms with Gasteiger partial charge in [-0.15, -0.1) is 0 Å². The summed E-state index contributed by atoms with van der Waals surface area (Å²) in [6.07, 6.45) is 3.39. The molecule has 24 heavy (non-hydrogen) atoms. The Labute approximate surface area is 141 Å². The van der Waals surface area contributed by atoms with Gasteiger partial charge in [0.1, 0.15) is 11.6 Å². The van der Waals surface area contributed by atoms with Crippen molar-refractivity contribution in [1.82, 2.24) is 14.7 Å². The van der Waals surface area contributed by atoms with Gasteiger partial charge in [-0.1, -0.05) is 6.92 Å². The van der Waals surface area contributed by atoms with Crippen molar-refractivity contribution in [3.8, 4) is 0 Å². The van der Waals surface area contributed by atoms with Crippen LogP contribution >= 0.6 is 0 Å². The van der Waals surface area contributed by atoms with Crippen LogP contribution in [0.25, 0.3) is 0 Å². The molecule has 1 fully saturated rings. The number of rotatable bonds is 5. The third-order valence-corrected chi connectivity index (χ3v) is 4.58. The fraction of sp³-hybridized carbons (Fsp3) is 0.529. The highest BCUT2D eigenvalue weighted by molar-refractivity contribution is 5.92. The second-order valence-corrected chi connectivity index (χ2v) is 6.24. The molecule has 1 amide bonds. The number of nitrogens with two attached hydrogens (primary N) is 1. The number of likely N-dealkylation sites (tertiary alicyclic amines) is 1. The predicted molar refractivity (Wildman–Crippen MR) is 89.7 cm³/mol. The molecule has 2 aromatic rings. The summed E-state index contributed by atoms with van der Waals surface area (Å²) in [5, 5.41) is 4.22. The molecule has 3 heterocycles. The Morgan fingerprint density at radius 1 is 1.54 bits per heavy atom. The molecule has 2 atom stereocenters. The van der Waals surface area contributed by atoms with Crippen LogP contribution in [-0.4, -0.2) is 46.4 Å². The first-order chi connectivity index (χ1) is 11.5. The van der Waals surface area contributed by atoms with Gasteiger partial charge < -0.3 is 19.8 Å². The Balaban J connectivity index is 1.80. The Bertz CT molecular complexity index is 721. The van der Waals surface area contributed by atoms with E-state index in [-0.39, 0.29) is 18.1 Å². The molecule has 0 bridgehead atoms. The van der Waals surface area contributed by atoms with Gasteiger partial charge in [0.25, 0.3) is 5.91 Å². The second-order valence-electron chi connectivity index (χ2n) is 6.24. The van der Waals surface area contributed by atoms with Gasteiger partial charge in [0.2, 0.25) is 0 Å². The number of amides is 1. The summed E-state index contributed by atoms with van der Waals surface area (Å²) in [6.45, 7) is 5.12. The maximum Gasteiger partial charge on any atom is 0.289 e. The third-order valence-electron chi connectivity index (χ3n) is 4.58. The lowest BCUT2D eigenvalue weighted by Gasteiger charge is -2.23. The smallest absolute Gasteiger partial charge is 0.289 e. The zero-order chi connectivity index (χ0) is 17.3. The Morgan fingerprint density at radius 2 is 2.33 bits per heavy atom. The first-order valence-electron chi connectivity index (χ1n) is 8.23. The van der Waals surface area contributed by atoms with Crippen molar-refractivity contribution in [2.24, 2.45) is 0 Å². The predicted octanol–water partition coefficient (Wildman–Crippen LogP) is 1.86. The molecule has 2 N–H and O–H groups in total. The van der Waals surface area contributed by atoms with Crippen molar-refractivity contribution in [1.29, 1.82) is 0 Å². The quantitative estimate of drug-likeness (QED) is 0.903. The zero-order valence-corrected chi connectivity index (χ0v) is 14.4. The number of nitrogens with zero attached hydrogens (tertiary/aromatic N) is 3. The van der Waals surface area contributed by atoms with Crippen LogP contribution in [0, 0.1) is 6.92 Å². The number of hydrogen-bond donors (Lipinski definition) is 1. The van der Waals surface area contributed by atoms with Gasteiger partial charge in [0.15, 0.2) is 5.76 Å².